The van der Waals surface area contributed by atoms with Crippen molar-refractivity contribution in [3.63, 3.8) is 0 Å². The van der Waals surface area contributed by atoms with E-state index in [1.54, 1.807) is 6.07 Å². The van der Waals surface area contributed by atoms with E-state index in [1.165, 1.54) is 27.0 Å². The lowest BCUT2D eigenvalue weighted by molar-refractivity contribution is 0.919. The van der Waals surface area contributed by atoms with Gasteiger partial charge in [0, 0.05) is 5.69 Å². The number of nitrogens with zero attached hydrogens (tertiary/aromatic N) is 3. The van der Waals surface area contributed by atoms with E-state index in [1.807, 2.05) is 30.3 Å². The third-order valence-electron chi connectivity index (χ3n) is 3.58. The van der Waals surface area contributed by atoms with Crippen molar-refractivity contribution in [1.82, 2.24) is 14.6 Å². The minimum atomic E-state index is -0.143. The maximum atomic E-state index is 12.5. The van der Waals surface area contributed by atoms with Gasteiger partial charge in [-0.2, -0.15) is 4.52 Å². The monoisotopic (exact) mass is 322 g/mol. The SMILES string of the molecule is Cc1cc(C)cc(Nc2nn3c(=O)c4ccccc4nc3s2)c1. The Kier molecular flexibility index (Phi) is 3.12. The van der Waals surface area contributed by atoms with Gasteiger partial charge < -0.3 is 5.32 Å². The molecule has 1 N–H and O–H groups in total. The molecule has 2 aromatic heterocycles. The molecule has 114 valence electrons. The maximum absolute atomic E-state index is 12.5. The number of benzene rings is 2. The van der Waals surface area contributed by atoms with Crippen molar-refractivity contribution >= 4 is 38.0 Å². The highest BCUT2D eigenvalue weighted by molar-refractivity contribution is 7.20. The Morgan fingerprint density at radius 3 is 2.61 bits per heavy atom. The lowest BCUT2D eigenvalue weighted by Crippen LogP contribution is -2.15. The molecule has 0 unspecified atom stereocenters. The summed E-state index contributed by atoms with van der Waals surface area (Å²) >= 11 is 1.36. The van der Waals surface area contributed by atoms with Crippen LogP contribution in [0.5, 0.6) is 0 Å². The lowest BCUT2D eigenvalue weighted by Gasteiger charge is -2.04. The van der Waals surface area contributed by atoms with Crippen LogP contribution in [0.1, 0.15) is 11.1 Å². The fourth-order valence-electron chi connectivity index (χ4n) is 2.68. The second-order valence-electron chi connectivity index (χ2n) is 5.54. The summed E-state index contributed by atoms with van der Waals surface area (Å²) in [4.78, 5) is 17.6. The summed E-state index contributed by atoms with van der Waals surface area (Å²) in [6.07, 6.45) is 0. The van der Waals surface area contributed by atoms with Gasteiger partial charge in [-0.1, -0.05) is 29.5 Å². The van der Waals surface area contributed by atoms with Crippen molar-refractivity contribution in [2.45, 2.75) is 13.8 Å². The molecule has 0 fully saturated rings. The van der Waals surface area contributed by atoms with Crippen molar-refractivity contribution in [3.8, 4) is 0 Å². The molecule has 0 saturated carbocycles. The molecule has 23 heavy (non-hydrogen) atoms. The van der Waals surface area contributed by atoms with Crippen LogP contribution in [0.4, 0.5) is 10.8 Å². The topological polar surface area (TPSA) is 59.3 Å². The first-order valence-electron chi connectivity index (χ1n) is 7.24. The van der Waals surface area contributed by atoms with Crippen molar-refractivity contribution in [1.29, 1.82) is 0 Å². The van der Waals surface area contributed by atoms with Crippen LogP contribution >= 0.6 is 11.3 Å². The molecule has 4 rings (SSSR count). The fraction of sp³-hybridized carbons (Fsp3) is 0.118. The van der Waals surface area contributed by atoms with E-state index in [2.05, 4.69) is 35.3 Å². The first kappa shape index (κ1) is 13.9. The number of fused-ring (bicyclic) bond motifs is 2. The second kappa shape index (κ2) is 5.17. The molecule has 0 bridgehead atoms. The molecule has 0 radical (unpaired) electrons. The average Bonchev–Trinajstić information content (AvgIpc) is 2.89. The summed E-state index contributed by atoms with van der Waals surface area (Å²) in [5.41, 5.74) is 3.86. The van der Waals surface area contributed by atoms with E-state index in [-0.39, 0.29) is 5.56 Å². The average molecular weight is 322 g/mol. The molecule has 0 aliphatic heterocycles. The first-order chi connectivity index (χ1) is 11.1. The largest absolute Gasteiger partial charge is 0.330 e. The van der Waals surface area contributed by atoms with Crippen LogP contribution in [0.25, 0.3) is 15.9 Å². The van der Waals surface area contributed by atoms with Crippen LogP contribution in [0.3, 0.4) is 0 Å². The molecule has 4 aromatic rings. The molecule has 2 heterocycles. The predicted molar refractivity (Wildman–Crippen MR) is 93.8 cm³/mol. The summed E-state index contributed by atoms with van der Waals surface area (Å²) in [5.74, 6) is 0. The van der Waals surface area contributed by atoms with Crippen LogP contribution in [0.2, 0.25) is 0 Å². The van der Waals surface area contributed by atoms with Crippen molar-refractivity contribution in [2.75, 3.05) is 5.32 Å². The van der Waals surface area contributed by atoms with Crippen LogP contribution < -0.4 is 10.9 Å². The molecule has 0 aliphatic rings. The fourth-order valence-corrected chi connectivity index (χ4v) is 3.49. The first-order valence-corrected chi connectivity index (χ1v) is 8.06. The van der Waals surface area contributed by atoms with Crippen LogP contribution in [0, 0.1) is 13.8 Å². The molecule has 0 atom stereocenters. The minimum absolute atomic E-state index is 0.143. The van der Waals surface area contributed by atoms with E-state index in [0.717, 1.165) is 5.69 Å². The Morgan fingerprint density at radius 2 is 1.83 bits per heavy atom. The molecule has 5 nitrogen and oxygen atoms in total. The highest BCUT2D eigenvalue weighted by atomic mass is 32.1. The number of aryl methyl sites for hydroxylation is 2. The Morgan fingerprint density at radius 1 is 1.09 bits per heavy atom. The van der Waals surface area contributed by atoms with Gasteiger partial charge in [-0.25, -0.2) is 4.98 Å². The number of anilines is 2. The summed E-state index contributed by atoms with van der Waals surface area (Å²) in [5, 5.41) is 8.86. The van der Waals surface area contributed by atoms with E-state index >= 15 is 0 Å². The predicted octanol–water partition coefficient (Wildman–Crippen LogP) is 3.66. The zero-order valence-electron chi connectivity index (χ0n) is 12.7. The highest BCUT2D eigenvalue weighted by Crippen LogP contribution is 2.24. The molecular weight excluding hydrogens is 308 g/mol. The van der Waals surface area contributed by atoms with Gasteiger partial charge in [-0.05, 0) is 49.2 Å². The minimum Gasteiger partial charge on any atom is -0.330 e. The van der Waals surface area contributed by atoms with E-state index < -0.39 is 0 Å². The number of hydrogen-bond donors (Lipinski definition) is 1. The van der Waals surface area contributed by atoms with Crippen molar-refractivity contribution < 1.29 is 0 Å². The molecule has 0 aliphatic carbocycles. The van der Waals surface area contributed by atoms with Gasteiger partial charge in [0.25, 0.3) is 5.56 Å². The second-order valence-corrected chi connectivity index (χ2v) is 6.49. The number of hydrogen-bond acceptors (Lipinski definition) is 5. The van der Waals surface area contributed by atoms with E-state index in [9.17, 15) is 4.79 Å². The quantitative estimate of drug-likeness (QED) is 0.612. The third-order valence-corrected chi connectivity index (χ3v) is 4.40. The Balaban J connectivity index is 1.84. The Labute approximate surface area is 136 Å². The van der Waals surface area contributed by atoms with Gasteiger partial charge >= 0.3 is 0 Å². The van der Waals surface area contributed by atoms with Crippen LogP contribution in [0.15, 0.2) is 47.3 Å². The van der Waals surface area contributed by atoms with Gasteiger partial charge in [0.2, 0.25) is 10.1 Å². The summed E-state index contributed by atoms with van der Waals surface area (Å²) < 4.78 is 1.36. The Bertz CT molecular complexity index is 1080. The summed E-state index contributed by atoms with van der Waals surface area (Å²) in [6, 6.07) is 13.5. The summed E-state index contributed by atoms with van der Waals surface area (Å²) in [7, 11) is 0. The van der Waals surface area contributed by atoms with Crippen molar-refractivity contribution in [2.24, 2.45) is 0 Å². The van der Waals surface area contributed by atoms with Crippen LogP contribution in [-0.4, -0.2) is 14.6 Å². The van der Waals surface area contributed by atoms with E-state index in [0.29, 0.717) is 21.0 Å². The molecule has 0 amide bonds. The van der Waals surface area contributed by atoms with Crippen LogP contribution in [-0.2, 0) is 0 Å². The molecular formula is C17H14N4OS. The van der Waals surface area contributed by atoms with E-state index in [4.69, 9.17) is 0 Å². The maximum Gasteiger partial charge on any atom is 0.283 e. The summed E-state index contributed by atoms with van der Waals surface area (Å²) in [6.45, 7) is 4.10. The molecule has 0 spiro atoms. The number of rotatable bonds is 2. The van der Waals surface area contributed by atoms with Gasteiger partial charge in [0.05, 0.1) is 10.9 Å². The molecule has 2 aromatic carbocycles. The zero-order valence-corrected chi connectivity index (χ0v) is 13.5. The van der Waals surface area contributed by atoms with Crippen molar-refractivity contribution in [3.05, 3.63) is 63.9 Å². The standard InChI is InChI=1S/C17H14N4OS/c1-10-7-11(2)9-12(8-10)18-16-20-21-15(22)13-5-3-4-6-14(13)19-17(21)23-16/h3-9H,1-2H3,(H,18,20). The van der Waals surface area contributed by atoms with Gasteiger partial charge in [-0.3, -0.25) is 4.79 Å². The van der Waals surface area contributed by atoms with Gasteiger partial charge in [0.15, 0.2) is 0 Å². The number of aromatic nitrogens is 3. The third kappa shape index (κ3) is 2.47. The number of para-hydroxylation sites is 1. The number of nitrogens with one attached hydrogen (secondary N) is 1. The van der Waals surface area contributed by atoms with Gasteiger partial charge in [0.1, 0.15) is 0 Å². The van der Waals surface area contributed by atoms with Gasteiger partial charge in [-0.15, -0.1) is 5.10 Å². The smallest absolute Gasteiger partial charge is 0.283 e. The zero-order chi connectivity index (χ0) is 16.0. The molecule has 0 saturated heterocycles. The lowest BCUT2D eigenvalue weighted by atomic mass is 10.1. The highest BCUT2D eigenvalue weighted by Gasteiger charge is 2.10. The Hall–Kier alpha value is -2.73. The normalized spacial score (nSPS) is 11.2. The molecule has 6 heteroatoms.